The van der Waals surface area contributed by atoms with Gasteiger partial charge < -0.3 is 15.0 Å². The average molecular weight is 356 g/mol. The predicted octanol–water partition coefficient (Wildman–Crippen LogP) is 1.69. The fourth-order valence-corrected chi connectivity index (χ4v) is 2.81. The Kier molecular flexibility index (Phi) is 5.75. The molecule has 26 heavy (non-hydrogen) atoms. The van der Waals surface area contributed by atoms with Gasteiger partial charge in [0, 0.05) is 43.5 Å². The lowest BCUT2D eigenvalue weighted by atomic mass is 10.1. The van der Waals surface area contributed by atoms with Crippen LogP contribution in [0.2, 0.25) is 0 Å². The van der Waals surface area contributed by atoms with E-state index in [0.29, 0.717) is 19.8 Å². The van der Waals surface area contributed by atoms with Crippen molar-refractivity contribution >= 4 is 17.4 Å². The largest absolute Gasteiger partial charge is 0.378 e. The van der Waals surface area contributed by atoms with Crippen molar-refractivity contribution in [1.29, 1.82) is 0 Å². The molecule has 0 bridgehead atoms. The number of nitro groups is 1. The first kappa shape index (κ1) is 17.8. The van der Waals surface area contributed by atoms with Gasteiger partial charge in [0.05, 0.1) is 24.6 Å². The van der Waals surface area contributed by atoms with E-state index in [1.54, 1.807) is 18.3 Å². The monoisotopic (exact) mass is 356 g/mol. The van der Waals surface area contributed by atoms with Gasteiger partial charge in [0.15, 0.2) is 0 Å². The molecule has 0 radical (unpaired) electrons. The number of nitrogens with one attached hydrogen (secondary N) is 1. The number of nitrogens with zero attached hydrogens (tertiary/aromatic N) is 3. The molecule has 136 valence electrons. The molecule has 1 aromatic heterocycles. The summed E-state index contributed by atoms with van der Waals surface area (Å²) in [6.45, 7) is 3.28. The van der Waals surface area contributed by atoms with Crippen molar-refractivity contribution in [2.24, 2.45) is 0 Å². The van der Waals surface area contributed by atoms with Crippen LogP contribution in [0.15, 0.2) is 42.6 Å². The number of benzene rings is 1. The summed E-state index contributed by atoms with van der Waals surface area (Å²) in [5.41, 5.74) is 1.69. The standard InChI is InChI=1S/C18H20N4O4/c23-17(12-14-3-5-16(6-4-14)22(24)25)20-13-15-2-1-7-19-18(15)21-8-10-26-11-9-21/h1-7H,8-13H2,(H,20,23). The van der Waals surface area contributed by atoms with Crippen LogP contribution in [0.1, 0.15) is 11.1 Å². The number of rotatable bonds is 6. The normalized spacial score (nSPS) is 14.1. The van der Waals surface area contributed by atoms with Gasteiger partial charge >= 0.3 is 0 Å². The van der Waals surface area contributed by atoms with E-state index >= 15 is 0 Å². The summed E-state index contributed by atoms with van der Waals surface area (Å²) < 4.78 is 5.37. The minimum atomic E-state index is -0.459. The molecule has 1 amide bonds. The molecule has 1 saturated heterocycles. The lowest BCUT2D eigenvalue weighted by Crippen LogP contribution is -2.38. The van der Waals surface area contributed by atoms with Crippen LogP contribution in [0.3, 0.4) is 0 Å². The summed E-state index contributed by atoms with van der Waals surface area (Å²) in [6.07, 6.45) is 1.91. The molecule has 0 aliphatic carbocycles. The van der Waals surface area contributed by atoms with Crippen LogP contribution in [0.25, 0.3) is 0 Å². The van der Waals surface area contributed by atoms with E-state index in [1.807, 2.05) is 12.1 Å². The third-order valence-corrected chi connectivity index (χ3v) is 4.17. The Morgan fingerprint density at radius 2 is 1.96 bits per heavy atom. The Morgan fingerprint density at radius 3 is 2.65 bits per heavy atom. The van der Waals surface area contributed by atoms with E-state index in [9.17, 15) is 14.9 Å². The molecule has 3 rings (SSSR count). The number of aromatic nitrogens is 1. The molecule has 1 aromatic carbocycles. The van der Waals surface area contributed by atoms with E-state index in [-0.39, 0.29) is 18.0 Å². The third-order valence-electron chi connectivity index (χ3n) is 4.17. The lowest BCUT2D eigenvalue weighted by molar-refractivity contribution is -0.384. The first-order valence-corrected chi connectivity index (χ1v) is 8.40. The van der Waals surface area contributed by atoms with Crippen molar-refractivity contribution in [1.82, 2.24) is 10.3 Å². The van der Waals surface area contributed by atoms with Crippen LogP contribution in [0.5, 0.6) is 0 Å². The second kappa shape index (κ2) is 8.39. The molecule has 8 heteroatoms. The molecular weight excluding hydrogens is 336 g/mol. The number of nitro benzene ring substituents is 1. The number of carbonyl (C=O) groups is 1. The second-order valence-electron chi connectivity index (χ2n) is 5.96. The summed E-state index contributed by atoms with van der Waals surface area (Å²) in [4.78, 5) is 29.0. The fraction of sp³-hybridized carbons (Fsp3) is 0.333. The highest BCUT2D eigenvalue weighted by Crippen LogP contribution is 2.18. The van der Waals surface area contributed by atoms with Crippen LogP contribution < -0.4 is 10.2 Å². The SMILES string of the molecule is O=C(Cc1ccc([N+](=O)[O-])cc1)NCc1cccnc1N1CCOCC1. The Labute approximate surface area is 150 Å². The van der Waals surface area contributed by atoms with Gasteiger partial charge in [0.2, 0.25) is 5.91 Å². The summed E-state index contributed by atoms with van der Waals surface area (Å²) in [5, 5.41) is 13.6. The van der Waals surface area contributed by atoms with Crippen LogP contribution in [0, 0.1) is 10.1 Å². The number of hydrogen-bond donors (Lipinski definition) is 1. The molecule has 8 nitrogen and oxygen atoms in total. The molecule has 0 spiro atoms. The number of morpholine rings is 1. The van der Waals surface area contributed by atoms with Crippen molar-refractivity contribution in [3.63, 3.8) is 0 Å². The van der Waals surface area contributed by atoms with Gasteiger partial charge in [-0.15, -0.1) is 0 Å². The van der Waals surface area contributed by atoms with Gasteiger partial charge in [-0.1, -0.05) is 18.2 Å². The van der Waals surface area contributed by atoms with E-state index < -0.39 is 4.92 Å². The fourth-order valence-electron chi connectivity index (χ4n) is 2.81. The summed E-state index contributed by atoms with van der Waals surface area (Å²) in [7, 11) is 0. The Balaban J connectivity index is 1.58. The zero-order chi connectivity index (χ0) is 18.4. The molecule has 1 aliphatic rings. The number of ether oxygens (including phenoxy) is 1. The smallest absolute Gasteiger partial charge is 0.269 e. The van der Waals surface area contributed by atoms with Crippen LogP contribution >= 0.6 is 0 Å². The molecule has 0 saturated carbocycles. The highest BCUT2D eigenvalue weighted by atomic mass is 16.6. The zero-order valence-corrected chi connectivity index (χ0v) is 14.3. The average Bonchev–Trinajstić information content (AvgIpc) is 2.68. The first-order valence-electron chi connectivity index (χ1n) is 8.40. The topological polar surface area (TPSA) is 97.6 Å². The van der Waals surface area contributed by atoms with Crippen molar-refractivity contribution in [3.05, 3.63) is 63.8 Å². The number of carbonyl (C=O) groups excluding carboxylic acids is 1. The van der Waals surface area contributed by atoms with Crippen LogP contribution in [-0.2, 0) is 22.5 Å². The van der Waals surface area contributed by atoms with Crippen molar-refractivity contribution < 1.29 is 14.5 Å². The quantitative estimate of drug-likeness (QED) is 0.625. The molecule has 0 atom stereocenters. The molecule has 2 heterocycles. The summed E-state index contributed by atoms with van der Waals surface area (Å²) >= 11 is 0. The number of hydrogen-bond acceptors (Lipinski definition) is 6. The Hall–Kier alpha value is -3.00. The minimum absolute atomic E-state index is 0.0136. The number of anilines is 1. The molecule has 1 N–H and O–H groups in total. The minimum Gasteiger partial charge on any atom is -0.378 e. The van der Waals surface area contributed by atoms with E-state index in [2.05, 4.69) is 15.2 Å². The molecular formula is C18H20N4O4. The first-order chi connectivity index (χ1) is 12.6. The maximum atomic E-state index is 12.2. The van der Waals surface area contributed by atoms with Crippen LogP contribution in [-0.4, -0.2) is 42.1 Å². The van der Waals surface area contributed by atoms with Crippen LogP contribution in [0.4, 0.5) is 11.5 Å². The van der Waals surface area contributed by atoms with Gasteiger partial charge in [-0.25, -0.2) is 4.98 Å². The molecule has 1 aliphatic heterocycles. The number of amides is 1. The van der Waals surface area contributed by atoms with E-state index in [4.69, 9.17) is 4.74 Å². The highest BCUT2D eigenvalue weighted by molar-refractivity contribution is 5.78. The van der Waals surface area contributed by atoms with Gasteiger partial charge in [0.25, 0.3) is 5.69 Å². The summed E-state index contributed by atoms with van der Waals surface area (Å²) in [6, 6.07) is 9.80. The molecule has 2 aromatic rings. The Morgan fingerprint density at radius 1 is 1.23 bits per heavy atom. The number of non-ortho nitro benzene ring substituents is 1. The van der Waals surface area contributed by atoms with Gasteiger partial charge in [0.1, 0.15) is 5.82 Å². The van der Waals surface area contributed by atoms with Gasteiger partial charge in [-0.3, -0.25) is 14.9 Å². The third kappa shape index (κ3) is 4.54. The lowest BCUT2D eigenvalue weighted by Gasteiger charge is -2.29. The summed E-state index contributed by atoms with van der Waals surface area (Å²) in [5.74, 6) is 0.724. The van der Waals surface area contributed by atoms with Crippen molar-refractivity contribution in [3.8, 4) is 0 Å². The van der Waals surface area contributed by atoms with E-state index in [1.165, 1.54) is 12.1 Å². The van der Waals surface area contributed by atoms with E-state index in [0.717, 1.165) is 30.0 Å². The zero-order valence-electron chi connectivity index (χ0n) is 14.3. The predicted molar refractivity (Wildman–Crippen MR) is 95.9 cm³/mol. The maximum Gasteiger partial charge on any atom is 0.269 e. The number of pyridine rings is 1. The van der Waals surface area contributed by atoms with Gasteiger partial charge in [-0.05, 0) is 11.6 Å². The Bertz CT molecular complexity index is 773. The maximum absolute atomic E-state index is 12.2. The molecule has 0 unspecified atom stereocenters. The van der Waals surface area contributed by atoms with Crippen molar-refractivity contribution in [2.45, 2.75) is 13.0 Å². The van der Waals surface area contributed by atoms with Gasteiger partial charge in [-0.2, -0.15) is 0 Å². The second-order valence-corrected chi connectivity index (χ2v) is 5.96. The molecule has 1 fully saturated rings. The highest BCUT2D eigenvalue weighted by Gasteiger charge is 2.16. The van der Waals surface area contributed by atoms with Crippen molar-refractivity contribution in [2.75, 3.05) is 31.2 Å².